The molecular formula is C33H25F3N4O4. The van der Waals surface area contributed by atoms with Gasteiger partial charge in [-0.15, -0.1) is 0 Å². The number of methoxy groups -OCH3 is 1. The van der Waals surface area contributed by atoms with Gasteiger partial charge in [0.05, 0.1) is 40.0 Å². The number of pyridine rings is 1. The Balaban J connectivity index is 1.27. The third-order valence-corrected chi connectivity index (χ3v) is 7.82. The van der Waals surface area contributed by atoms with E-state index in [4.69, 9.17) is 14.7 Å². The Morgan fingerprint density at radius 3 is 2.52 bits per heavy atom. The summed E-state index contributed by atoms with van der Waals surface area (Å²) < 4.78 is 58.1. The Hall–Kier alpha value is -5.21. The molecule has 222 valence electrons. The Morgan fingerprint density at radius 2 is 1.80 bits per heavy atom. The summed E-state index contributed by atoms with van der Waals surface area (Å²) in [6, 6.07) is 17.2. The van der Waals surface area contributed by atoms with Gasteiger partial charge >= 0.3 is 5.97 Å². The van der Waals surface area contributed by atoms with Gasteiger partial charge in [0, 0.05) is 36.8 Å². The van der Waals surface area contributed by atoms with Crippen LogP contribution in [0.15, 0.2) is 66.7 Å². The maximum atomic E-state index is 15.5. The summed E-state index contributed by atoms with van der Waals surface area (Å²) in [6.07, 6.45) is 1.39. The zero-order valence-corrected chi connectivity index (χ0v) is 23.4. The molecule has 1 aliphatic rings. The van der Waals surface area contributed by atoms with Crippen LogP contribution in [-0.4, -0.2) is 38.8 Å². The number of fused-ring (bicyclic) bond motifs is 1. The van der Waals surface area contributed by atoms with Crippen LogP contribution in [0.4, 0.5) is 13.2 Å². The average molecular weight is 599 g/mol. The fourth-order valence-electron chi connectivity index (χ4n) is 5.37. The Labute approximate surface area is 249 Å². The van der Waals surface area contributed by atoms with Gasteiger partial charge in [-0.05, 0) is 66.9 Å². The molecule has 0 aliphatic heterocycles. The predicted octanol–water partition coefficient (Wildman–Crippen LogP) is 6.61. The molecule has 3 aromatic carbocycles. The summed E-state index contributed by atoms with van der Waals surface area (Å²) in [5.74, 6) is -2.48. The van der Waals surface area contributed by atoms with Crippen molar-refractivity contribution in [2.24, 2.45) is 0 Å². The number of imidazole rings is 1. The lowest BCUT2D eigenvalue weighted by atomic mass is 9.88. The number of benzene rings is 3. The summed E-state index contributed by atoms with van der Waals surface area (Å²) >= 11 is 0. The number of aromatic nitrogens is 3. The Morgan fingerprint density at radius 1 is 1.00 bits per heavy atom. The lowest BCUT2D eigenvalue weighted by Crippen LogP contribution is -2.33. The van der Waals surface area contributed by atoms with E-state index in [9.17, 15) is 14.3 Å². The second-order valence-electron chi connectivity index (χ2n) is 10.6. The highest BCUT2D eigenvalue weighted by atomic mass is 19.1. The molecule has 1 aliphatic carbocycles. The predicted molar refractivity (Wildman–Crippen MR) is 154 cm³/mol. The van der Waals surface area contributed by atoms with E-state index < -0.39 is 23.4 Å². The van der Waals surface area contributed by atoms with E-state index in [0.29, 0.717) is 29.7 Å². The van der Waals surface area contributed by atoms with E-state index in [2.05, 4.69) is 9.97 Å². The van der Waals surface area contributed by atoms with Crippen molar-refractivity contribution in [2.75, 3.05) is 7.11 Å². The van der Waals surface area contributed by atoms with Crippen LogP contribution in [0.1, 0.15) is 51.8 Å². The molecule has 0 saturated heterocycles. The molecule has 1 N–H and O–H groups in total. The lowest BCUT2D eigenvalue weighted by molar-refractivity contribution is 0.00665. The molecule has 2 heterocycles. The van der Waals surface area contributed by atoms with Crippen LogP contribution >= 0.6 is 0 Å². The van der Waals surface area contributed by atoms with E-state index in [-0.39, 0.29) is 64.6 Å². The maximum Gasteiger partial charge on any atom is 0.335 e. The SMILES string of the molecule is CO[C@H]1C[C@@H](n2c(Cc3cc(F)c(-c4cccc(OCc5ccc(C#N)cc5F)n4)cc3F)nc3ccc(C(=O)O)cc32)C1. The molecular weight excluding hydrogens is 573 g/mol. The summed E-state index contributed by atoms with van der Waals surface area (Å²) in [5, 5.41) is 18.4. The van der Waals surface area contributed by atoms with Gasteiger partial charge in [0.15, 0.2) is 0 Å². The number of rotatable bonds is 9. The number of carbonyl (C=O) groups is 1. The summed E-state index contributed by atoms with van der Waals surface area (Å²) in [4.78, 5) is 20.6. The van der Waals surface area contributed by atoms with Crippen LogP contribution in [0.2, 0.25) is 0 Å². The summed E-state index contributed by atoms with van der Waals surface area (Å²) in [5.41, 5.74) is 1.79. The maximum absolute atomic E-state index is 15.5. The number of carboxylic acid groups (broad SMARTS) is 1. The van der Waals surface area contributed by atoms with Crippen LogP contribution in [0.3, 0.4) is 0 Å². The minimum absolute atomic E-state index is 0.0268. The molecule has 0 spiro atoms. The second kappa shape index (κ2) is 11.8. The van der Waals surface area contributed by atoms with Gasteiger partial charge in [-0.25, -0.2) is 27.9 Å². The fourth-order valence-corrected chi connectivity index (χ4v) is 5.37. The van der Waals surface area contributed by atoms with E-state index >= 15 is 8.78 Å². The van der Waals surface area contributed by atoms with E-state index in [1.807, 2.05) is 10.6 Å². The molecule has 2 aromatic heterocycles. The Kier molecular flexibility index (Phi) is 7.76. The first-order valence-electron chi connectivity index (χ1n) is 13.8. The molecule has 0 amide bonds. The molecule has 1 fully saturated rings. The Bertz CT molecular complexity index is 1950. The van der Waals surface area contributed by atoms with Crippen LogP contribution in [0.25, 0.3) is 22.3 Å². The number of hydrogen-bond donors (Lipinski definition) is 1. The van der Waals surface area contributed by atoms with Crippen molar-refractivity contribution in [1.29, 1.82) is 5.26 Å². The molecule has 8 nitrogen and oxygen atoms in total. The average Bonchev–Trinajstić information content (AvgIpc) is 3.34. The van der Waals surface area contributed by atoms with Crippen LogP contribution < -0.4 is 4.74 Å². The van der Waals surface area contributed by atoms with Crippen molar-refractivity contribution >= 4 is 17.0 Å². The fraction of sp³-hybridized carbons (Fsp3) is 0.212. The highest BCUT2D eigenvalue weighted by molar-refractivity contribution is 5.92. The van der Waals surface area contributed by atoms with Gasteiger partial charge in [-0.3, -0.25) is 0 Å². The van der Waals surface area contributed by atoms with Crippen molar-refractivity contribution in [3.05, 3.63) is 112 Å². The monoisotopic (exact) mass is 598 g/mol. The number of carboxylic acids is 1. The lowest BCUT2D eigenvalue weighted by Gasteiger charge is -2.36. The molecule has 44 heavy (non-hydrogen) atoms. The van der Waals surface area contributed by atoms with Crippen LogP contribution in [0, 0.1) is 28.8 Å². The van der Waals surface area contributed by atoms with Gasteiger partial charge in [-0.1, -0.05) is 12.1 Å². The highest BCUT2D eigenvalue weighted by Crippen LogP contribution is 2.38. The molecule has 1 saturated carbocycles. The van der Waals surface area contributed by atoms with Crippen molar-refractivity contribution in [3.8, 4) is 23.2 Å². The molecule has 6 rings (SSSR count). The van der Waals surface area contributed by atoms with Crippen LogP contribution in [-0.2, 0) is 17.8 Å². The number of aromatic carboxylic acids is 1. The van der Waals surface area contributed by atoms with Gasteiger partial charge in [0.1, 0.15) is 29.9 Å². The van der Waals surface area contributed by atoms with Crippen molar-refractivity contribution < 1.29 is 32.5 Å². The third kappa shape index (κ3) is 5.59. The normalized spacial score (nSPS) is 16.0. The van der Waals surface area contributed by atoms with Crippen molar-refractivity contribution in [1.82, 2.24) is 14.5 Å². The highest BCUT2D eigenvalue weighted by Gasteiger charge is 2.33. The number of nitrogens with zero attached hydrogens (tertiary/aromatic N) is 4. The standard InChI is InChI=1S/C33H25F3N4O4/c1-43-23-13-22(14-23)40-30-11-19(33(41)42)7-8-29(30)38-31(40)12-21-10-27(36)24(15-26(21)35)28-3-2-4-32(39-28)44-17-20-6-5-18(16-37)9-25(20)34/h2-11,15,22-23H,12-14,17H2,1H3,(H,41,42)/t22-,23+. The van der Waals surface area contributed by atoms with Crippen molar-refractivity contribution in [3.63, 3.8) is 0 Å². The first-order valence-corrected chi connectivity index (χ1v) is 13.8. The first-order chi connectivity index (χ1) is 21.2. The molecule has 0 radical (unpaired) electrons. The largest absolute Gasteiger partial charge is 0.478 e. The number of hydrogen-bond acceptors (Lipinski definition) is 6. The molecule has 0 unspecified atom stereocenters. The smallest absolute Gasteiger partial charge is 0.335 e. The number of nitriles is 1. The quantitative estimate of drug-likeness (QED) is 0.203. The molecule has 11 heteroatoms. The topological polar surface area (TPSA) is 110 Å². The van der Waals surface area contributed by atoms with E-state index in [1.54, 1.807) is 25.3 Å². The second-order valence-corrected chi connectivity index (χ2v) is 10.6. The zero-order valence-electron chi connectivity index (χ0n) is 23.4. The molecule has 0 atom stereocenters. The van der Waals surface area contributed by atoms with Crippen molar-refractivity contribution in [2.45, 2.75) is 38.0 Å². The minimum atomic E-state index is -1.07. The minimum Gasteiger partial charge on any atom is -0.478 e. The van der Waals surface area contributed by atoms with E-state index in [0.717, 1.165) is 18.2 Å². The van der Waals surface area contributed by atoms with Gasteiger partial charge < -0.3 is 19.1 Å². The van der Waals surface area contributed by atoms with Gasteiger partial charge in [-0.2, -0.15) is 5.26 Å². The van der Waals surface area contributed by atoms with E-state index in [1.165, 1.54) is 30.3 Å². The number of halogens is 3. The summed E-state index contributed by atoms with van der Waals surface area (Å²) in [6.45, 7) is -0.176. The van der Waals surface area contributed by atoms with Gasteiger partial charge in [0.25, 0.3) is 0 Å². The van der Waals surface area contributed by atoms with Gasteiger partial charge in [0.2, 0.25) is 5.88 Å². The molecule has 5 aromatic rings. The first kappa shape index (κ1) is 28.9. The number of ether oxygens (including phenoxy) is 2. The third-order valence-electron chi connectivity index (χ3n) is 7.82. The zero-order chi connectivity index (χ0) is 31.0. The van der Waals surface area contributed by atoms with Crippen LogP contribution in [0.5, 0.6) is 5.88 Å². The summed E-state index contributed by atoms with van der Waals surface area (Å²) in [7, 11) is 1.63. The molecule has 0 bridgehead atoms.